The van der Waals surface area contributed by atoms with Crippen LogP contribution in [0.15, 0.2) is 4.99 Å². The molecule has 0 bridgehead atoms. The standard InChI is InChI=1S/C9H17NO2/c1-3-4-5-6-10-8(2)7-9(11)12/h3-7H2,1-2H3,(H,11,12). The van der Waals surface area contributed by atoms with Gasteiger partial charge in [0, 0.05) is 12.3 Å². The van der Waals surface area contributed by atoms with Gasteiger partial charge >= 0.3 is 5.97 Å². The summed E-state index contributed by atoms with van der Waals surface area (Å²) in [4.78, 5) is 14.4. The summed E-state index contributed by atoms with van der Waals surface area (Å²) in [7, 11) is 0. The van der Waals surface area contributed by atoms with Crippen molar-refractivity contribution in [3.8, 4) is 0 Å². The molecule has 3 nitrogen and oxygen atoms in total. The van der Waals surface area contributed by atoms with E-state index < -0.39 is 5.97 Å². The Labute approximate surface area is 73.5 Å². The molecular formula is C9H17NO2. The highest BCUT2D eigenvalue weighted by Gasteiger charge is 1.98. The van der Waals surface area contributed by atoms with Crippen LogP contribution in [0.3, 0.4) is 0 Å². The quantitative estimate of drug-likeness (QED) is 0.491. The monoisotopic (exact) mass is 171 g/mol. The van der Waals surface area contributed by atoms with Gasteiger partial charge in [-0.25, -0.2) is 0 Å². The number of hydrogen-bond donors (Lipinski definition) is 1. The van der Waals surface area contributed by atoms with Gasteiger partial charge in [0.2, 0.25) is 0 Å². The first-order valence-corrected chi connectivity index (χ1v) is 4.38. The normalized spacial score (nSPS) is 11.7. The zero-order chi connectivity index (χ0) is 9.40. The SMILES string of the molecule is CCCCCN=C(C)CC(=O)O. The van der Waals surface area contributed by atoms with Crippen LogP contribution in [-0.2, 0) is 4.79 Å². The van der Waals surface area contributed by atoms with E-state index in [1.165, 1.54) is 12.8 Å². The van der Waals surface area contributed by atoms with E-state index in [0.29, 0.717) is 0 Å². The van der Waals surface area contributed by atoms with Gasteiger partial charge < -0.3 is 5.11 Å². The van der Waals surface area contributed by atoms with Crippen molar-refractivity contribution in [2.24, 2.45) is 4.99 Å². The Kier molecular flexibility index (Phi) is 6.34. The van der Waals surface area contributed by atoms with E-state index in [2.05, 4.69) is 11.9 Å². The van der Waals surface area contributed by atoms with Crippen molar-refractivity contribution < 1.29 is 9.90 Å². The van der Waals surface area contributed by atoms with E-state index in [1.807, 2.05) is 0 Å². The topological polar surface area (TPSA) is 49.7 Å². The summed E-state index contributed by atoms with van der Waals surface area (Å²) in [5.41, 5.74) is 0.721. The number of rotatable bonds is 6. The number of carboxylic acid groups (broad SMARTS) is 1. The number of unbranched alkanes of at least 4 members (excludes halogenated alkanes) is 2. The van der Waals surface area contributed by atoms with E-state index >= 15 is 0 Å². The molecule has 70 valence electrons. The number of carboxylic acids is 1. The molecule has 0 unspecified atom stereocenters. The number of nitrogens with zero attached hydrogens (tertiary/aromatic N) is 1. The molecule has 0 heterocycles. The van der Waals surface area contributed by atoms with Crippen LogP contribution in [-0.4, -0.2) is 23.3 Å². The number of aliphatic carboxylic acids is 1. The second-order valence-electron chi connectivity index (χ2n) is 2.89. The predicted molar refractivity (Wildman–Crippen MR) is 49.8 cm³/mol. The van der Waals surface area contributed by atoms with Crippen molar-refractivity contribution in [3.05, 3.63) is 0 Å². The maximum atomic E-state index is 10.2. The Morgan fingerprint density at radius 1 is 1.42 bits per heavy atom. The Bertz CT molecular complexity index is 164. The lowest BCUT2D eigenvalue weighted by atomic mass is 10.2. The molecule has 0 aromatic carbocycles. The molecule has 0 fully saturated rings. The maximum absolute atomic E-state index is 10.2. The summed E-state index contributed by atoms with van der Waals surface area (Å²) in [6.07, 6.45) is 3.48. The van der Waals surface area contributed by atoms with E-state index in [4.69, 9.17) is 5.11 Å². The first-order chi connectivity index (χ1) is 5.66. The van der Waals surface area contributed by atoms with Crippen molar-refractivity contribution in [2.45, 2.75) is 39.5 Å². The van der Waals surface area contributed by atoms with Gasteiger partial charge in [-0.1, -0.05) is 19.8 Å². The summed E-state index contributed by atoms with van der Waals surface area (Å²) in [5, 5.41) is 8.41. The van der Waals surface area contributed by atoms with Crippen LogP contribution >= 0.6 is 0 Å². The van der Waals surface area contributed by atoms with Crippen LogP contribution in [0.5, 0.6) is 0 Å². The largest absolute Gasteiger partial charge is 0.481 e. The first-order valence-electron chi connectivity index (χ1n) is 4.38. The molecular weight excluding hydrogens is 154 g/mol. The fourth-order valence-electron chi connectivity index (χ4n) is 0.906. The van der Waals surface area contributed by atoms with Gasteiger partial charge in [0.25, 0.3) is 0 Å². The second kappa shape index (κ2) is 6.83. The Morgan fingerprint density at radius 2 is 2.08 bits per heavy atom. The fourth-order valence-corrected chi connectivity index (χ4v) is 0.906. The fraction of sp³-hybridized carbons (Fsp3) is 0.778. The zero-order valence-corrected chi connectivity index (χ0v) is 7.84. The summed E-state index contributed by atoms with van der Waals surface area (Å²) in [5.74, 6) is -0.799. The minimum Gasteiger partial charge on any atom is -0.481 e. The summed E-state index contributed by atoms with van der Waals surface area (Å²) >= 11 is 0. The summed E-state index contributed by atoms with van der Waals surface area (Å²) < 4.78 is 0. The Hall–Kier alpha value is -0.860. The lowest BCUT2D eigenvalue weighted by Gasteiger charge is -1.96. The Morgan fingerprint density at radius 3 is 2.58 bits per heavy atom. The molecule has 0 aliphatic carbocycles. The van der Waals surface area contributed by atoms with E-state index in [-0.39, 0.29) is 6.42 Å². The first kappa shape index (κ1) is 11.1. The molecule has 0 rings (SSSR count). The van der Waals surface area contributed by atoms with Crippen molar-refractivity contribution in [1.82, 2.24) is 0 Å². The highest BCUT2D eigenvalue weighted by molar-refractivity contribution is 5.96. The third-order valence-electron chi connectivity index (χ3n) is 1.55. The van der Waals surface area contributed by atoms with Crippen LogP contribution in [0.1, 0.15) is 39.5 Å². The Balaban J connectivity index is 3.48. The van der Waals surface area contributed by atoms with Gasteiger partial charge in [-0.3, -0.25) is 9.79 Å². The van der Waals surface area contributed by atoms with Gasteiger partial charge in [-0.15, -0.1) is 0 Å². The number of hydrogen-bond acceptors (Lipinski definition) is 2. The van der Waals surface area contributed by atoms with Gasteiger partial charge in [0.05, 0.1) is 6.42 Å². The molecule has 0 aliphatic heterocycles. The van der Waals surface area contributed by atoms with Gasteiger partial charge in [0.15, 0.2) is 0 Å². The van der Waals surface area contributed by atoms with Crippen molar-refractivity contribution in [1.29, 1.82) is 0 Å². The van der Waals surface area contributed by atoms with Gasteiger partial charge in [-0.2, -0.15) is 0 Å². The van der Waals surface area contributed by atoms with Crippen LogP contribution in [0.2, 0.25) is 0 Å². The molecule has 0 amide bonds. The van der Waals surface area contributed by atoms with E-state index in [0.717, 1.165) is 18.7 Å². The average Bonchev–Trinajstić information content (AvgIpc) is 1.97. The van der Waals surface area contributed by atoms with Crippen LogP contribution in [0.25, 0.3) is 0 Å². The molecule has 0 saturated heterocycles. The third-order valence-corrected chi connectivity index (χ3v) is 1.55. The van der Waals surface area contributed by atoms with Gasteiger partial charge in [0.1, 0.15) is 0 Å². The minimum absolute atomic E-state index is 0.0755. The summed E-state index contributed by atoms with van der Waals surface area (Å²) in [6, 6.07) is 0. The second-order valence-corrected chi connectivity index (χ2v) is 2.89. The van der Waals surface area contributed by atoms with Crippen LogP contribution in [0.4, 0.5) is 0 Å². The van der Waals surface area contributed by atoms with Crippen LogP contribution in [0, 0.1) is 0 Å². The minimum atomic E-state index is -0.799. The third kappa shape index (κ3) is 7.25. The maximum Gasteiger partial charge on any atom is 0.309 e. The predicted octanol–water partition coefficient (Wildman–Crippen LogP) is 2.11. The highest BCUT2D eigenvalue weighted by Crippen LogP contribution is 1.95. The molecule has 0 aliphatic rings. The number of aliphatic imine (C=N–C) groups is 1. The van der Waals surface area contributed by atoms with Gasteiger partial charge in [-0.05, 0) is 13.3 Å². The molecule has 0 aromatic rings. The summed E-state index contributed by atoms with van der Waals surface area (Å²) in [6.45, 7) is 4.67. The van der Waals surface area contributed by atoms with Crippen LogP contribution < -0.4 is 0 Å². The average molecular weight is 171 g/mol. The smallest absolute Gasteiger partial charge is 0.309 e. The molecule has 1 N–H and O–H groups in total. The molecule has 12 heavy (non-hydrogen) atoms. The highest BCUT2D eigenvalue weighted by atomic mass is 16.4. The molecule has 0 atom stereocenters. The van der Waals surface area contributed by atoms with E-state index in [9.17, 15) is 4.79 Å². The lowest BCUT2D eigenvalue weighted by molar-refractivity contribution is -0.135. The lowest BCUT2D eigenvalue weighted by Crippen LogP contribution is -2.03. The van der Waals surface area contributed by atoms with Crippen molar-refractivity contribution in [2.75, 3.05) is 6.54 Å². The molecule has 0 saturated carbocycles. The molecule has 0 radical (unpaired) electrons. The molecule has 0 aromatic heterocycles. The molecule has 3 heteroatoms. The van der Waals surface area contributed by atoms with E-state index in [1.54, 1.807) is 6.92 Å². The number of carbonyl (C=O) groups is 1. The zero-order valence-electron chi connectivity index (χ0n) is 7.84. The van der Waals surface area contributed by atoms with Crippen molar-refractivity contribution in [3.63, 3.8) is 0 Å². The molecule has 0 spiro atoms. The van der Waals surface area contributed by atoms with Crippen molar-refractivity contribution >= 4 is 11.7 Å².